The number of halogens is 1. The fourth-order valence-corrected chi connectivity index (χ4v) is 0.983. The van der Waals surface area contributed by atoms with E-state index in [1.807, 2.05) is 0 Å². The first-order valence-electron chi connectivity index (χ1n) is 3.52. The van der Waals surface area contributed by atoms with E-state index in [1.165, 1.54) is 12.1 Å². The van der Waals surface area contributed by atoms with Crippen LogP contribution in [0.4, 0.5) is 4.39 Å². The van der Waals surface area contributed by atoms with Crippen LogP contribution >= 0.6 is 0 Å². The topological polar surface area (TPSA) is 59.2 Å². The summed E-state index contributed by atoms with van der Waals surface area (Å²) < 4.78 is 17.1. The Balaban J connectivity index is 2.53. The average molecular weight is 180 g/mol. The van der Waals surface area contributed by atoms with E-state index in [0.29, 0.717) is 5.56 Å². The van der Waals surface area contributed by atoms with E-state index >= 15 is 0 Å². The third-order valence-corrected chi connectivity index (χ3v) is 1.56. The third-order valence-electron chi connectivity index (χ3n) is 1.56. The zero-order chi connectivity index (χ0) is 9.26. The van der Waals surface area contributed by atoms with Crippen molar-refractivity contribution in [3.8, 4) is 17.1 Å². The first-order valence-corrected chi connectivity index (χ1v) is 3.52. The SMILES string of the molecule is Oc1cc(F)ccc1-c1ncon1. The van der Waals surface area contributed by atoms with Gasteiger partial charge in [-0.3, -0.25) is 0 Å². The summed E-state index contributed by atoms with van der Waals surface area (Å²) >= 11 is 0. The number of aromatic hydroxyl groups is 1. The zero-order valence-corrected chi connectivity index (χ0v) is 6.44. The highest BCUT2D eigenvalue weighted by Gasteiger charge is 2.08. The van der Waals surface area contributed by atoms with Crippen LogP contribution in [-0.4, -0.2) is 15.2 Å². The fourth-order valence-electron chi connectivity index (χ4n) is 0.983. The Morgan fingerprint density at radius 1 is 1.38 bits per heavy atom. The lowest BCUT2D eigenvalue weighted by molar-refractivity contribution is 0.417. The number of benzene rings is 1. The number of nitrogens with zero attached hydrogens (tertiary/aromatic N) is 2. The zero-order valence-electron chi connectivity index (χ0n) is 6.44. The molecule has 1 aromatic heterocycles. The Labute approximate surface area is 72.6 Å². The molecule has 0 spiro atoms. The van der Waals surface area contributed by atoms with Crippen molar-refractivity contribution in [3.05, 3.63) is 30.4 Å². The summed E-state index contributed by atoms with van der Waals surface area (Å²) in [6.45, 7) is 0. The van der Waals surface area contributed by atoms with Gasteiger partial charge in [0.05, 0.1) is 5.56 Å². The molecule has 0 aliphatic carbocycles. The Kier molecular flexibility index (Phi) is 1.70. The van der Waals surface area contributed by atoms with Crippen molar-refractivity contribution in [1.29, 1.82) is 0 Å². The van der Waals surface area contributed by atoms with Crippen LogP contribution in [0, 0.1) is 5.82 Å². The van der Waals surface area contributed by atoms with Crippen LogP contribution in [0.15, 0.2) is 29.1 Å². The van der Waals surface area contributed by atoms with E-state index < -0.39 is 5.82 Å². The molecule has 0 aliphatic heterocycles. The molecule has 0 unspecified atom stereocenters. The molecule has 1 N–H and O–H groups in total. The second kappa shape index (κ2) is 2.85. The summed E-state index contributed by atoms with van der Waals surface area (Å²) in [5.41, 5.74) is 0.343. The summed E-state index contributed by atoms with van der Waals surface area (Å²) in [5, 5.41) is 12.8. The summed E-state index contributed by atoms with van der Waals surface area (Å²) in [4.78, 5) is 3.72. The minimum Gasteiger partial charge on any atom is -0.507 e. The predicted octanol–water partition coefficient (Wildman–Crippen LogP) is 1.58. The van der Waals surface area contributed by atoms with Gasteiger partial charge in [-0.2, -0.15) is 4.98 Å². The van der Waals surface area contributed by atoms with Gasteiger partial charge in [-0.1, -0.05) is 5.16 Å². The molecule has 5 heteroatoms. The van der Waals surface area contributed by atoms with Crippen LogP contribution in [0.1, 0.15) is 0 Å². The smallest absolute Gasteiger partial charge is 0.214 e. The average Bonchev–Trinajstić information content (AvgIpc) is 2.56. The molecule has 13 heavy (non-hydrogen) atoms. The molecule has 0 saturated carbocycles. The van der Waals surface area contributed by atoms with Crippen molar-refractivity contribution in [1.82, 2.24) is 10.1 Å². The van der Waals surface area contributed by atoms with Crippen LogP contribution in [0.5, 0.6) is 5.75 Å². The molecule has 0 aliphatic rings. The van der Waals surface area contributed by atoms with Crippen molar-refractivity contribution in [2.24, 2.45) is 0 Å². The number of hydrogen-bond acceptors (Lipinski definition) is 4. The molecule has 1 aromatic carbocycles. The lowest BCUT2D eigenvalue weighted by Gasteiger charge is -1.97. The molecule has 0 atom stereocenters. The quantitative estimate of drug-likeness (QED) is 0.723. The fraction of sp³-hybridized carbons (Fsp3) is 0. The van der Waals surface area contributed by atoms with Gasteiger partial charge in [-0.05, 0) is 12.1 Å². The standard InChI is InChI=1S/C8H5FN2O2/c9-5-1-2-6(7(12)3-5)8-10-4-13-11-8/h1-4,12H. The molecule has 0 amide bonds. The van der Waals surface area contributed by atoms with Gasteiger partial charge in [-0.25, -0.2) is 4.39 Å². The van der Waals surface area contributed by atoms with Crippen LogP contribution < -0.4 is 0 Å². The Morgan fingerprint density at radius 2 is 2.23 bits per heavy atom. The maximum absolute atomic E-state index is 12.6. The molecule has 0 saturated heterocycles. The molecule has 0 fully saturated rings. The second-order valence-corrected chi connectivity index (χ2v) is 2.42. The van der Waals surface area contributed by atoms with E-state index in [4.69, 9.17) is 0 Å². The van der Waals surface area contributed by atoms with Crippen LogP contribution in [-0.2, 0) is 0 Å². The normalized spacial score (nSPS) is 10.2. The molecular weight excluding hydrogens is 175 g/mol. The van der Waals surface area contributed by atoms with E-state index in [9.17, 15) is 9.50 Å². The van der Waals surface area contributed by atoms with E-state index in [0.717, 1.165) is 12.5 Å². The molecule has 1 heterocycles. The highest BCUT2D eigenvalue weighted by Crippen LogP contribution is 2.26. The molecule has 66 valence electrons. The van der Waals surface area contributed by atoms with Crippen molar-refractivity contribution in [2.45, 2.75) is 0 Å². The lowest BCUT2D eigenvalue weighted by atomic mass is 10.2. The summed E-state index contributed by atoms with van der Waals surface area (Å²) in [6, 6.07) is 3.59. The molecule has 2 rings (SSSR count). The van der Waals surface area contributed by atoms with Crippen LogP contribution in [0.25, 0.3) is 11.4 Å². The van der Waals surface area contributed by atoms with Gasteiger partial charge >= 0.3 is 0 Å². The number of aromatic nitrogens is 2. The van der Waals surface area contributed by atoms with Gasteiger partial charge in [-0.15, -0.1) is 0 Å². The molecule has 4 nitrogen and oxygen atoms in total. The van der Waals surface area contributed by atoms with Crippen molar-refractivity contribution in [3.63, 3.8) is 0 Å². The summed E-state index contributed by atoms with van der Waals surface area (Å²) in [6.07, 6.45) is 1.14. The van der Waals surface area contributed by atoms with Crippen molar-refractivity contribution >= 4 is 0 Å². The maximum atomic E-state index is 12.6. The van der Waals surface area contributed by atoms with Gasteiger partial charge in [0.2, 0.25) is 12.2 Å². The molecular formula is C8H5FN2O2. The number of phenolic OH excluding ortho intramolecular Hbond substituents is 1. The van der Waals surface area contributed by atoms with E-state index in [1.54, 1.807) is 0 Å². The molecule has 0 radical (unpaired) electrons. The highest BCUT2D eigenvalue weighted by molar-refractivity contribution is 5.62. The van der Waals surface area contributed by atoms with E-state index in [2.05, 4.69) is 14.7 Å². The van der Waals surface area contributed by atoms with Gasteiger partial charge in [0, 0.05) is 6.07 Å². The third kappa shape index (κ3) is 1.35. The molecule has 2 aromatic rings. The van der Waals surface area contributed by atoms with Crippen molar-refractivity contribution in [2.75, 3.05) is 0 Å². The maximum Gasteiger partial charge on any atom is 0.214 e. The minimum atomic E-state index is -0.509. The number of hydrogen-bond donors (Lipinski definition) is 1. The first kappa shape index (κ1) is 7.72. The Morgan fingerprint density at radius 3 is 2.85 bits per heavy atom. The predicted molar refractivity (Wildman–Crippen MR) is 41.4 cm³/mol. The van der Waals surface area contributed by atoms with E-state index in [-0.39, 0.29) is 11.6 Å². The van der Waals surface area contributed by atoms with Gasteiger partial charge in [0.25, 0.3) is 0 Å². The van der Waals surface area contributed by atoms with Gasteiger partial charge in [0.15, 0.2) is 0 Å². The largest absolute Gasteiger partial charge is 0.507 e. The monoisotopic (exact) mass is 180 g/mol. The first-order chi connectivity index (χ1) is 6.27. The van der Waals surface area contributed by atoms with Crippen molar-refractivity contribution < 1.29 is 14.0 Å². The van der Waals surface area contributed by atoms with Gasteiger partial charge in [0.1, 0.15) is 11.6 Å². The highest BCUT2D eigenvalue weighted by atomic mass is 19.1. The van der Waals surface area contributed by atoms with Gasteiger partial charge < -0.3 is 9.63 Å². The number of phenols is 1. The van der Waals surface area contributed by atoms with Crippen LogP contribution in [0.3, 0.4) is 0 Å². The second-order valence-electron chi connectivity index (χ2n) is 2.42. The lowest BCUT2D eigenvalue weighted by Crippen LogP contribution is -1.82. The Hall–Kier alpha value is -1.91. The summed E-state index contributed by atoms with van der Waals surface area (Å²) in [5.74, 6) is -0.483. The summed E-state index contributed by atoms with van der Waals surface area (Å²) in [7, 11) is 0. The van der Waals surface area contributed by atoms with Crippen LogP contribution in [0.2, 0.25) is 0 Å². The number of rotatable bonds is 1. The minimum absolute atomic E-state index is 0.207. The molecule has 0 bridgehead atoms. The Bertz CT molecular complexity index is 414.